The van der Waals surface area contributed by atoms with E-state index in [9.17, 15) is 0 Å². The SMILES string of the molecule is c1ccnnc1.c1cnnc(Oc2cccnn2)c1. The van der Waals surface area contributed by atoms with Crippen molar-refractivity contribution in [3.8, 4) is 11.8 Å². The molecule has 0 radical (unpaired) electrons. The molecule has 0 unspecified atom stereocenters. The van der Waals surface area contributed by atoms with Crippen molar-refractivity contribution in [2.75, 3.05) is 0 Å². The highest BCUT2D eigenvalue weighted by atomic mass is 16.5. The minimum absolute atomic E-state index is 0.406. The van der Waals surface area contributed by atoms with E-state index in [1.807, 2.05) is 12.1 Å². The molecule has 3 heterocycles. The van der Waals surface area contributed by atoms with Crippen LogP contribution < -0.4 is 4.74 Å². The van der Waals surface area contributed by atoms with Crippen LogP contribution in [0.2, 0.25) is 0 Å². The van der Waals surface area contributed by atoms with Crippen molar-refractivity contribution in [3.63, 3.8) is 0 Å². The molecule has 0 saturated heterocycles. The van der Waals surface area contributed by atoms with Crippen LogP contribution in [0.3, 0.4) is 0 Å². The smallest absolute Gasteiger partial charge is 0.240 e. The summed E-state index contributed by atoms with van der Waals surface area (Å²) in [4.78, 5) is 0. The van der Waals surface area contributed by atoms with E-state index in [0.717, 1.165) is 0 Å². The van der Waals surface area contributed by atoms with Gasteiger partial charge in [0, 0.05) is 36.9 Å². The van der Waals surface area contributed by atoms with Crippen LogP contribution in [0, 0.1) is 0 Å². The molecule has 7 heteroatoms. The van der Waals surface area contributed by atoms with Crippen molar-refractivity contribution in [1.82, 2.24) is 30.6 Å². The molecular formula is C12H10N6O. The molecule has 94 valence electrons. The highest BCUT2D eigenvalue weighted by molar-refractivity contribution is 5.15. The summed E-state index contributed by atoms with van der Waals surface area (Å²) in [5.74, 6) is 0.811. The fourth-order valence-corrected chi connectivity index (χ4v) is 1.04. The van der Waals surface area contributed by atoms with Gasteiger partial charge in [0.15, 0.2) is 0 Å². The van der Waals surface area contributed by atoms with E-state index in [1.54, 1.807) is 49.1 Å². The lowest BCUT2D eigenvalue weighted by Gasteiger charge is -1.99. The van der Waals surface area contributed by atoms with Gasteiger partial charge in [0.05, 0.1) is 0 Å². The van der Waals surface area contributed by atoms with Gasteiger partial charge in [0.2, 0.25) is 11.8 Å². The van der Waals surface area contributed by atoms with Crippen molar-refractivity contribution in [2.24, 2.45) is 0 Å². The molecule has 19 heavy (non-hydrogen) atoms. The summed E-state index contributed by atoms with van der Waals surface area (Å²) in [6.07, 6.45) is 6.42. The van der Waals surface area contributed by atoms with Crippen LogP contribution in [0.4, 0.5) is 0 Å². The molecule has 0 bridgehead atoms. The van der Waals surface area contributed by atoms with Gasteiger partial charge < -0.3 is 4.74 Å². The Morgan fingerprint density at radius 3 is 1.37 bits per heavy atom. The first-order chi connectivity index (χ1) is 9.45. The highest BCUT2D eigenvalue weighted by Gasteiger charge is 1.97. The van der Waals surface area contributed by atoms with Gasteiger partial charge in [-0.3, -0.25) is 0 Å². The Kier molecular flexibility index (Phi) is 4.86. The van der Waals surface area contributed by atoms with Gasteiger partial charge >= 0.3 is 0 Å². The van der Waals surface area contributed by atoms with Gasteiger partial charge in [-0.2, -0.15) is 20.4 Å². The van der Waals surface area contributed by atoms with E-state index in [0.29, 0.717) is 11.8 Å². The first-order valence-corrected chi connectivity index (χ1v) is 5.40. The van der Waals surface area contributed by atoms with Gasteiger partial charge in [0.1, 0.15) is 0 Å². The molecule has 0 spiro atoms. The van der Waals surface area contributed by atoms with Crippen LogP contribution in [-0.4, -0.2) is 30.6 Å². The quantitative estimate of drug-likeness (QED) is 0.685. The van der Waals surface area contributed by atoms with Crippen LogP contribution in [0.15, 0.2) is 61.2 Å². The summed E-state index contributed by atoms with van der Waals surface area (Å²) in [6.45, 7) is 0. The Morgan fingerprint density at radius 2 is 1.05 bits per heavy atom. The van der Waals surface area contributed by atoms with Crippen LogP contribution in [0.5, 0.6) is 11.8 Å². The molecular weight excluding hydrogens is 244 g/mol. The maximum Gasteiger partial charge on any atom is 0.240 e. The fourth-order valence-electron chi connectivity index (χ4n) is 1.04. The Labute approximate surface area is 109 Å². The molecule has 0 aliphatic rings. The number of rotatable bonds is 2. The average Bonchev–Trinajstić information content (AvgIpc) is 2.52. The third-order valence-corrected chi connectivity index (χ3v) is 1.79. The van der Waals surface area contributed by atoms with E-state index >= 15 is 0 Å². The molecule has 0 aromatic carbocycles. The van der Waals surface area contributed by atoms with Gasteiger partial charge in [0.25, 0.3) is 0 Å². The molecule has 0 atom stereocenters. The average molecular weight is 254 g/mol. The maximum absolute atomic E-state index is 5.23. The Hall–Kier alpha value is -2.96. The van der Waals surface area contributed by atoms with E-state index in [-0.39, 0.29) is 0 Å². The molecule has 7 nitrogen and oxygen atoms in total. The highest BCUT2D eigenvalue weighted by Crippen LogP contribution is 2.12. The molecule has 0 saturated carbocycles. The monoisotopic (exact) mass is 254 g/mol. The second kappa shape index (κ2) is 7.38. The summed E-state index contributed by atoms with van der Waals surface area (Å²) in [5, 5.41) is 21.9. The summed E-state index contributed by atoms with van der Waals surface area (Å²) >= 11 is 0. The summed E-state index contributed by atoms with van der Waals surface area (Å²) in [7, 11) is 0. The normalized spacial score (nSPS) is 9.05. The first-order valence-electron chi connectivity index (χ1n) is 5.40. The number of aromatic nitrogens is 6. The minimum Gasteiger partial charge on any atom is -0.417 e. The van der Waals surface area contributed by atoms with Gasteiger partial charge in [-0.1, -0.05) is 0 Å². The molecule has 0 amide bonds. The molecule has 3 rings (SSSR count). The zero-order chi connectivity index (χ0) is 13.2. The predicted octanol–water partition coefficient (Wildman–Crippen LogP) is 1.54. The van der Waals surface area contributed by atoms with Crippen LogP contribution in [-0.2, 0) is 0 Å². The largest absolute Gasteiger partial charge is 0.417 e. The van der Waals surface area contributed by atoms with Crippen LogP contribution >= 0.6 is 0 Å². The lowest BCUT2D eigenvalue weighted by Crippen LogP contribution is -1.91. The minimum atomic E-state index is 0.406. The van der Waals surface area contributed by atoms with Crippen molar-refractivity contribution >= 4 is 0 Å². The summed E-state index contributed by atoms with van der Waals surface area (Å²) in [6, 6.07) is 10.5. The molecule has 3 aromatic heterocycles. The molecule has 0 aliphatic carbocycles. The lowest BCUT2D eigenvalue weighted by atomic mass is 10.5. The third kappa shape index (κ3) is 4.82. The number of ether oxygens (including phenoxy) is 1. The van der Waals surface area contributed by atoms with Gasteiger partial charge in [-0.05, 0) is 24.3 Å². The van der Waals surface area contributed by atoms with Gasteiger partial charge in [-0.15, -0.1) is 10.2 Å². The number of nitrogens with zero attached hydrogens (tertiary/aromatic N) is 6. The first kappa shape index (κ1) is 12.5. The molecule has 0 aliphatic heterocycles. The third-order valence-electron chi connectivity index (χ3n) is 1.79. The summed E-state index contributed by atoms with van der Waals surface area (Å²) < 4.78 is 5.23. The zero-order valence-electron chi connectivity index (χ0n) is 9.87. The Bertz CT molecular complexity index is 499. The summed E-state index contributed by atoms with van der Waals surface area (Å²) in [5.41, 5.74) is 0. The van der Waals surface area contributed by atoms with E-state index in [2.05, 4.69) is 30.6 Å². The molecule has 0 fully saturated rings. The molecule has 0 N–H and O–H groups in total. The van der Waals surface area contributed by atoms with Crippen molar-refractivity contribution in [3.05, 3.63) is 61.2 Å². The van der Waals surface area contributed by atoms with Crippen LogP contribution in [0.25, 0.3) is 0 Å². The molecule has 3 aromatic rings. The van der Waals surface area contributed by atoms with E-state index < -0.39 is 0 Å². The zero-order valence-corrected chi connectivity index (χ0v) is 9.87. The Morgan fingerprint density at radius 1 is 0.579 bits per heavy atom. The Balaban J connectivity index is 0.000000186. The maximum atomic E-state index is 5.23. The van der Waals surface area contributed by atoms with E-state index in [1.165, 1.54) is 0 Å². The number of hydrogen-bond acceptors (Lipinski definition) is 7. The van der Waals surface area contributed by atoms with Crippen molar-refractivity contribution in [2.45, 2.75) is 0 Å². The van der Waals surface area contributed by atoms with E-state index in [4.69, 9.17) is 4.74 Å². The second-order valence-electron chi connectivity index (χ2n) is 3.14. The van der Waals surface area contributed by atoms with Crippen molar-refractivity contribution in [1.29, 1.82) is 0 Å². The van der Waals surface area contributed by atoms with Gasteiger partial charge in [-0.25, -0.2) is 0 Å². The van der Waals surface area contributed by atoms with Crippen molar-refractivity contribution < 1.29 is 4.74 Å². The number of hydrogen-bond donors (Lipinski definition) is 0. The standard InChI is InChI=1S/C8H6N4O.C4H4N2/c1-3-7(11-9-5-1)13-8-4-2-6-10-12-8;1-2-4-6-5-3-1/h1-6H;1-4H. The lowest BCUT2D eigenvalue weighted by molar-refractivity contribution is 0.431. The predicted molar refractivity (Wildman–Crippen MR) is 66.2 cm³/mol. The second-order valence-corrected chi connectivity index (χ2v) is 3.14. The van der Waals surface area contributed by atoms with Crippen LogP contribution in [0.1, 0.15) is 0 Å². The fraction of sp³-hybridized carbons (Fsp3) is 0. The topological polar surface area (TPSA) is 86.6 Å².